The van der Waals surface area contributed by atoms with Crippen molar-refractivity contribution >= 4 is 35.6 Å². The van der Waals surface area contributed by atoms with E-state index in [0.717, 1.165) is 58.3 Å². The van der Waals surface area contributed by atoms with E-state index in [0.29, 0.717) is 5.41 Å². The van der Waals surface area contributed by atoms with Gasteiger partial charge in [-0.2, -0.15) is 0 Å². The summed E-state index contributed by atoms with van der Waals surface area (Å²) in [4.78, 5) is 9.50. The summed E-state index contributed by atoms with van der Waals surface area (Å²) in [5.41, 5.74) is 1.77. The maximum atomic E-state index is 5.30. The van der Waals surface area contributed by atoms with E-state index in [2.05, 4.69) is 55.8 Å². The number of aliphatic imine (C=N–C) groups is 1. The van der Waals surface area contributed by atoms with Gasteiger partial charge in [0.15, 0.2) is 5.96 Å². The molecular weight excluding hydrogens is 501 g/mol. The predicted octanol–water partition coefficient (Wildman–Crippen LogP) is 3.58. The van der Waals surface area contributed by atoms with Crippen molar-refractivity contribution in [2.75, 3.05) is 71.5 Å². The van der Waals surface area contributed by atoms with Crippen LogP contribution in [0, 0.1) is 5.41 Å². The predicted molar refractivity (Wildman–Crippen MR) is 142 cm³/mol. The Balaban J connectivity index is 0.00000341. The van der Waals surface area contributed by atoms with Crippen LogP contribution < -0.4 is 15.5 Å². The molecule has 6 nitrogen and oxygen atoms in total. The van der Waals surface area contributed by atoms with Crippen LogP contribution in [0.1, 0.15) is 38.5 Å². The molecule has 0 amide bonds. The smallest absolute Gasteiger partial charge is 0.190 e. The number of ether oxygens (including phenoxy) is 1. The highest BCUT2D eigenvalue weighted by Crippen LogP contribution is 2.43. The molecule has 2 aliphatic rings. The fourth-order valence-electron chi connectivity index (χ4n) is 4.54. The monoisotopic (exact) mass is 543 g/mol. The van der Waals surface area contributed by atoms with Crippen LogP contribution in [-0.4, -0.2) is 77.4 Å². The van der Waals surface area contributed by atoms with Crippen LogP contribution in [0.25, 0.3) is 0 Å². The number of benzene rings is 1. The molecule has 0 spiro atoms. The number of halogens is 1. The molecule has 0 atom stereocenters. The zero-order valence-corrected chi connectivity index (χ0v) is 21.8. The van der Waals surface area contributed by atoms with E-state index in [1.165, 1.54) is 44.3 Å². The van der Waals surface area contributed by atoms with Gasteiger partial charge < -0.3 is 20.3 Å². The second-order valence-corrected chi connectivity index (χ2v) is 8.82. The van der Waals surface area contributed by atoms with Crippen molar-refractivity contribution in [2.45, 2.75) is 38.5 Å². The van der Waals surface area contributed by atoms with Crippen molar-refractivity contribution in [2.24, 2.45) is 10.4 Å². The maximum absolute atomic E-state index is 5.30. The van der Waals surface area contributed by atoms with Crippen LogP contribution in [0.4, 0.5) is 5.69 Å². The number of methoxy groups -OCH3 is 1. The minimum atomic E-state index is 0. The molecule has 1 aliphatic carbocycles. The Morgan fingerprint density at radius 3 is 2.42 bits per heavy atom. The van der Waals surface area contributed by atoms with Crippen LogP contribution in [0.2, 0.25) is 0 Å². The van der Waals surface area contributed by atoms with Gasteiger partial charge in [0.1, 0.15) is 0 Å². The van der Waals surface area contributed by atoms with Gasteiger partial charge in [-0.15, -0.1) is 24.0 Å². The molecule has 176 valence electrons. The summed E-state index contributed by atoms with van der Waals surface area (Å²) in [6, 6.07) is 10.8. The fraction of sp³-hybridized carbons (Fsp3) is 0.708. The average Bonchev–Trinajstić information content (AvgIpc) is 2.77. The van der Waals surface area contributed by atoms with Gasteiger partial charge in [-0.1, -0.05) is 24.6 Å². The van der Waals surface area contributed by atoms with Gasteiger partial charge in [0.25, 0.3) is 0 Å². The fourth-order valence-corrected chi connectivity index (χ4v) is 4.54. The number of anilines is 1. The van der Waals surface area contributed by atoms with Gasteiger partial charge in [0.2, 0.25) is 0 Å². The first-order valence-electron chi connectivity index (χ1n) is 11.7. The van der Waals surface area contributed by atoms with Crippen LogP contribution in [0.15, 0.2) is 35.3 Å². The van der Waals surface area contributed by atoms with Crippen LogP contribution in [0.5, 0.6) is 0 Å². The molecule has 0 bridgehead atoms. The Morgan fingerprint density at radius 1 is 1.06 bits per heavy atom. The highest BCUT2D eigenvalue weighted by molar-refractivity contribution is 14.0. The lowest BCUT2D eigenvalue weighted by Crippen LogP contribution is -2.47. The molecule has 1 aliphatic heterocycles. The minimum absolute atomic E-state index is 0. The summed E-state index contributed by atoms with van der Waals surface area (Å²) in [5, 5.41) is 7.04. The number of unbranched alkanes of at least 4 members (excludes halogenated alkanes) is 1. The van der Waals surface area contributed by atoms with Gasteiger partial charge in [-0.25, -0.2) is 0 Å². The molecule has 2 N–H and O–H groups in total. The average molecular weight is 544 g/mol. The van der Waals surface area contributed by atoms with Gasteiger partial charge in [-0.05, 0) is 56.2 Å². The summed E-state index contributed by atoms with van der Waals surface area (Å²) in [5.74, 6) is 0.940. The van der Waals surface area contributed by atoms with Gasteiger partial charge in [-0.3, -0.25) is 9.89 Å². The molecule has 0 radical (unpaired) electrons. The summed E-state index contributed by atoms with van der Waals surface area (Å²) in [6.45, 7) is 8.61. The van der Waals surface area contributed by atoms with Crippen LogP contribution in [0.3, 0.4) is 0 Å². The van der Waals surface area contributed by atoms with Crippen molar-refractivity contribution in [3.63, 3.8) is 0 Å². The first kappa shape index (κ1) is 26.2. The quantitative estimate of drug-likeness (QED) is 0.194. The number of piperazine rings is 1. The summed E-state index contributed by atoms with van der Waals surface area (Å²) < 4.78 is 5.30. The standard InChI is InChI=1S/C24H41N5O.HI/c1-25-23(27-21-24(11-8-12-24)13-20-30-2)26-14-6-7-15-28-16-18-29(19-17-28)22-9-4-3-5-10-22;/h3-5,9-10H,6-8,11-21H2,1-2H3,(H2,25,26,27);1H. The molecule has 31 heavy (non-hydrogen) atoms. The summed E-state index contributed by atoms with van der Waals surface area (Å²) in [7, 11) is 3.66. The molecule has 0 unspecified atom stereocenters. The number of rotatable bonds is 11. The Bertz CT molecular complexity index is 630. The molecule has 1 saturated carbocycles. The van der Waals surface area contributed by atoms with E-state index in [-0.39, 0.29) is 24.0 Å². The first-order chi connectivity index (χ1) is 14.7. The molecule has 3 rings (SSSR count). The number of nitrogens with zero attached hydrogens (tertiary/aromatic N) is 3. The van der Waals surface area contributed by atoms with Gasteiger partial charge in [0.05, 0.1) is 0 Å². The van der Waals surface area contributed by atoms with Crippen molar-refractivity contribution in [1.29, 1.82) is 0 Å². The molecule has 1 aromatic carbocycles. The molecule has 7 heteroatoms. The van der Waals surface area contributed by atoms with Gasteiger partial charge >= 0.3 is 0 Å². The van der Waals surface area contributed by atoms with Crippen molar-refractivity contribution < 1.29 is 4.74 Å². The Hall–Kier alpha value is -1.06. The second kappa shape index (κ2) is 14.2. The number of para-hydroxylation sites is 1. The largest absolute Gasteiger partial charge is 0.385 e. The summed E-state index contributed by atoms with van der Waals surface area (Å²) in [6.07, 6.45) is 7.50. The van der Waals surface area contributed by atoms with E-state index in [4.69, 9.17) is 4.74 Å². The lowest BCUT2D eigenvalue weighted by Gasteiger charge is -2.42. The maximum Gasteiger partial charge on any atom is 0.190 e. The zero-order valence-electron chi connectivity index (χ0n) is 19.4. The number of hydrogen-bond acceptors (Lipinski definition) is 4. The third kappa shape index (κ3) is 8.42. The molecule has 1 aromatic rings. The highest BCUT2D eigenvalue weighted by atomic mass is 127. The van der Waals surface area contributed by atoms with Crippen molar-refractivity contribution in [3.05, 3.63) is 30.3 Å². The molecule has 0 aromatic heterocycles. The van der Waals surface area contributed by atoms with Gasteiger partial charge in [0, 0.05) is 65.7 Å². The van der Waals surface area contributed by atoms with E-state index in [1.807, 2.05) is 7.05 Å². The van der Waals surface area contributed by atoms with Crippen molar-refractivity contribution in [1.82, 2.24) is 15.5 Å². The van der Waals surface area contributed by atoms with Crippen LogP contribution in [-0.2, 0) is 4.74 Å². The first-order valence-corrected chi connectivity index (χ1v) is 11.7. The van der Waals surface area contributed by atoms with E-state index < -0.39 is 0 Å². The third-order valence-corrected chi connectivity index (χ3v) is 6.79. The lowest BCUT2D eigenvalue weighted by atomic mass is 9.67. The third-order valence-electron chi connectivity index (χ3n) is 6.79. The molecule has 1 heterocycles. The normalized spacial score (nSPS) is 18.8. The second-order valence-electron chi connectivity index (χ2n) is 8.82. The summed E-state index contributed by atoms with van der Waals surface area (Å²) >= 11 is 0. The number of hydrogen-bond donors (Lipinski definition) is 2. The zero-order chi connectivity index (χ0) is 21.1. The molecular formula is C24H42IN5O. The Kier molecular flexibility index (Phi) is 12.0. The van der Waals surface area contributed by atoms with E-state index >= 15 is 0 Å². The van der Waals surface area contributed by atoms with Crippen molar-refractivity contribution in [3.8, 4) is 0 Å². The minimum Gasteiger partial charge on any atom is -0.385 e. The lowest BCUT2D eigenvalue weighted by molar-refractivity contribution is 0.0732. The highest BCUT2D eigenvalue weighted by Gasteiger charge is 2.36. The number of nitrogens with one attached hydrogen (secondary N) is 2. The van der Waals surface area contributed by atoms with E-state index in [1.54, 1.807) is 7.11 Å². The molecule has 2 fully saturated rings. The molecule has 1 saturated heterocycles. The SMILES string of the molecule is CN=C(NCCCCN1CCN(c2ccccc2)CC1)NCC1(CCOC)CCC1.I. The number of guanidine groups is 1. The Morgan fingerprint density at radius 2 is 1.81 bits per heavy atom. The Labute approximate surface area is 206 Å². The topological polar surface area (TPSA) is 52.1 Å². The van der Waals surface area contributed by atoms with E-state index in [9.17, 15) is 0 Å². The van der Waals surface area contributed by atoms with Crippen LogP contribution >= 0.6 is 24.0 Å².